The Kier molecular flexibility index (Phi) is 3.18. The molecule has 5 nitrogen and oxygen atoms in total. The highest BCUT2D eigenvalue weighted by atomic mass is 32.1. The molecule has 0 spiro atoms. The number of carbonyl (C=O) groups is 2. The number of amides is 2. The lowest BCUT2D eigenvalue weighted by Crippen LogP contribution is -2.48. The van der Waals surface area contributed by atoms with E-state index in [2.05, 4.69) is 5.32 Å². The minimum absolute atomic E-state index is 0.254. The number of hydrogen-bond acceptors (Lipinski definition) is 3. The summed E-state index contributed by atoms with van der Waals surface area (Å²) in [7, 11) is 0. The fourth-order valence-electron chi connectivity index (χ4n) is 2.46. The Balaban J connectivity index is 1.76. The molecule has 102 valence electrons. The smallest absolute Gasteiger partial charge is 0.331 e. The van der Waals surface area contributed by atoms with Crippen molar-refractivity contribution in [3.8, 4) is 0 Å². The Bertz CT molecular complexity index is 510. The molecule has 19 heavy (non-hydrogen) atoms. The Labute approximate surface area is 115 Å². The highest BCUT2D eigenvalue weighted by Gasteiger charge is 2.37. The van der Waals surface area contributed by atoms with Crippen LogP contribution in [-0.2, 0) is 11.2 Å². The Morgan fingerprint density at radius 1 is 1.47 bits per heavy atom. The van der Waals surface area contributed by atoms with E-state index in [-0.39, 0.29) is 6.03 Å². The van der Waals surface area contributed by atoms with Gasteiger partial charge in [0.25, 0.3) is 0 Å². The van der Waals surface area contributed by atoms with Crippen LogP contribution in [0.4, 0.5) is 4.79 Å². The van der Waals surface area contributed by atoms with Gasteiger partial charge in [0.05, 0.1) is 0 Å². The van der Waals surface area contributed by atoms with E-state index in [0.717, 1.165) is 29.7 Å². The third kappa shape index (κ3) is 2.45. The summed E-state index contributed by atoms with van der Waals surface area (Å²) in [4.78, 5) is 26.1. The first-order valence-electron chi connectivity index (χ1n) is 6.50. The van der Waals surface area contributed by atoms with Gasteiger partial charge in [0.2, 0.25) is 0 Å². The summed E-state index contributed by atoms with van der Waals surface area (Å²) < 4.78 is 0. The number of carboxylic acid groups (broad SMARTS) is 1. The van der Waals surface area contributed by atoms with Gasteiger partial charge in [-0.05, 0) is 42.2 Å². The van der Waals surface area contributed by atoms with Crippen molar-refractivity contribution >= 4 is 23.3 Å². The lowest BCUT2D eigenvalue weighted by molar-refractivity contribution is -0.142. The highest BCUT2D eigenvalue weighted by Crippen LogP contribution is 2.33. The predicted molar refractivity (Wildman–Crippen MR) is 71.2 cm³/mol. The molecule has 0 bridgehead atoms. The maximum atomic E-state index is 12.1. The topological polar surface area (TPSA) is 69.6 Å². The van der Waals surface area contributed by atoms with Gasteiger partial charge in [-0.25, -0.2) is 9.59 Å². The maximum absolute atomic E-state index is 12.1. The van der Waals surface area contributed by atoms with E-state index in [4.69, 9.17) is 0 Å². The third-order valence-corrected chi connectivity index (χ3v) is 4.70. The van der Waals surface area contributed by atoms with Crippen LogP contribution >= 0.6 is 11.3 Å². The van der Waals surface area contributed by atoms with Gasteiger partial charge in [-0.2, -0.15) is 0 Å². The molecule has 2 amide bonds. The zero-order valence-corrected chi connectivity index (χ0v) is 11.3. The average Bonchev–Trinajstić information content (AvgIpc) is 3.10. The van der Waals surface area contributed by atoms with E-state index in [1.165, 1.54) is 4.90 Å². The Morgan fingerprint density at radius 2 is 2.26 bits per heavy atom. The van der Waals surface area contributed by atoms with E-state index < -0.39 is 12.0 Å². The van der Waals surface area contributed by atoms with Gasteiger partial charge in [0.1, 0.15) is 0 Å². The zero-order valence-electron chi connectivity index (χ0n) is 10.5. The molecule has 2 N–H and O–H groups in total. The summed E-state index contributed by atoms with van der Waals surface area (Å²) in [5, 5.41) is 14.1. The van der Waals surface area contributed by atoms with Gasteiger partial charge >= 0.3 is 12.0 Å². The molecule has 1 unspecified atom stereocenters. The largest absolute Gasteiger partial charge is 0.479 e. The molecule has 2 heterocycles. The quantitative estimate of drug-likeness (QED) is 0.887. The van der Waals surface area contributed by atoms with Crippen LogP contribution in [0.3, 0.4) is 0 Å². The van der Waals surface area contributed by atoms with Gasteiger partial charge in [0.15, 0.2) is 6.04 Å². The molecule has 3 rings (SSSR count). The Hall–Kier alpha value is -1.56. The number of rotatable bonds is 3. The number of fused-ring (bicyclic) bond motifs is 1. The van der Waals surface area contributed by atoms with Crippen LogP contribution in [0.1, 0.15) is 29.3 Å². The summed E-state index contributed by atoms with van der Waals surface area (Å²) in [5.74, 6) is -0.366. The van der Waals surface area contributed by atoms with Crippen LogP contribution in [0.2, 0.25) is 0 Å². The number of thiophene rings is 1. The minimum atomic E-state index is -0.957. The average molecular weight is 280 g/mol. The van der Waals surface area contributed by atoms with Gasteiger partial charge in [-0.1, -0.05) is 0 Å². The third-order valence-electron chi connectivity index (χ3n) is 3.70. The van der Waals surface area contributed by atoms with Crippen molar-refractivity contribution in [2.75, 3.05) is 13.1 Å². The standard InChI is InChI=1S/C13H16N2O3S/c16-12(17)11-9-4-6-19-10(9)3-5-15(11)13(18)14-7-8-1-2-8/h4,6,8,11H,1-3,5,7H2,(H,14,18)(H,16,17). The number of carboxylic acids is 1. The molecule has 2 aliphatic rings. The first-order chi connectivity index (χ1) is 9.16. The van der Waals surface area contributed by atoms with Crippen molar-refractivity contribution < 1.29 is 14.7 Å². The fraction of sp³-hybridized carbons (Fsp3) is 0.538. The van der Waals surface area contributed by atoms with E-state index >= 15 is 0 Å². The van der Waals surface area contributed by atoms with Crippen molar-refractivity contribution in [1.82, 2.24) is 10.2 Å². The van der Waals surface area contributed by atoms with Gasteiger partial charge in [-0.15, -0.1) is 11.3 Å². The summed E-state index contributed by atoms with van der Waals surface area (Å²) in [6.45, 7) is 1.14. The van der Waals surface area contributed by atoms with Crippen molar-refractivity contribution in [2.24, 2.45) is 5.92 Å². The SMILES string of the molecule is O=C(O)C1c2ccsc2CCN1C(=O)NCC1CC1. The minimum Gasteiger partial charge on any atom is -0.479 e. The number of aliphatic carboxylic acids is 1. The molecule has 0 aromatic carbocycles. The number of urea groups is 1. The van der Waals surface area contributed by atoms with Crippen LogP contribution in [0.25, 0.3) is 0 Å². The van der Waals surface area contributed by atoms with E-state index in [1.54, 1.807) is 11.3 Å². The summed E-state index contributed by atoms with van der Waals surface area (Å²) in [6, 6.07) is 0.726. The van der Waals surface area contributed by atoms with Gasteiger partial charge in [0, 0.05) is 18.0 Å². The molecule has 1 aliphatic heterocycles. The van der Waals surface area contributed by atoms with Gasteiger partial charge in [-0.3, -0.25) is 0 Å². The predicted octanol–water partition coefficient (Wildman–Crippen LogP) is 1.85. The molecule has 1 aromatic heterocycles. The van der Waals surface area contributed by atoms with Crippen molar-refractivity contribution in [1.29, 1.82) is 0 Å². The van der Waals surface area contributed by atoms with E-state index in [9.17, 15) is 14.7 Å². The summed E-state index contributed by atoms with van der Waals surface area (Å²) in [6.07, 6.45) is 3.07. The first kappa shape index (κ1) is 12.5. The summed E-state index contributed by atoms with van der Waals surface area (Å²) in [5.41, 5.74) is 0.769. The highest BCUT2D eigenvalue weighted by molar-refractivity contribution is 7.10. The molecule has 1 aromatic rings. The fourth-order valence-corrected chi connectivity index (χ4v) is 3.36. The lowest BCUT2D eigenvalue weighted by Gasteiger charge is -2.33. The number of carbonyl (C=O) groups excluding carboxylic acids is 1. The van der Waals surface area contributed by atoms with Crippen LogP contribution in [0.5, 0.6) is 0 Å². The van der Waals surface area contributed by atoms with Crippen LogP contribution in [-0.4, -0.2) is 35.1 Å². The molecule has 6 heteroatoms. The number of hydrogen-bond donors (Lipinski definition) is 2. The first-order valence-corrected chi connectivity index (χ1v) is 7.38. The van der Waals surface area contributed by atoms with Crippen molar-refractivity contribution in [3.05, 3.63) is 21.9 Å². The molecule has 1 saturated carbocycles. The number of nitrogens with one attached hydrogen (secondary N) is 1. The van der Waals surface area contributed by atoms with Crippen molar-refractivity contribution in [3.63, 3.8) is 0 Å². The van der Waals surface area contributed by atoms with Crippen LogP contribution in [0.15, 0.2) is 11.4 Å². The monoisotopic (exact) mass is 280 g/mol. The molecule has 0 saturated heterocycles. The Morgan fingerprint density at radius 3 is 2.95 bits per heavy atom. The van der Waals surface area contributed by atoms with E-state index in [0.29, 0.717) is 19.0 Å². The molecule has 1 aliphatic carbocycles. The van der Waals surface area contributed by atoms with Crippen molar-refractivity contribution in [2.45, 2.75) is 25.3 Å². The molecule has 1 atom stereocenters. The van der Waals surface area contributed by atoms with Gasteiger partial charge < -0.3 is 15.3 Å². The second-order valence-electron chi connectivity index (χ2n) is 5.11. The second-order valence-corrected chi connectivity index (χ2v) is 6.11. The second kappa shape index (κ2) is 4.85. The normalized spacial score (nSPS) is 21.9. The molecular weight excluding hydrogens is 264 g/mol. The van der Waals surface area contributed by atoms with Crippen LogP contribution < -0.4 is 5.32 Å². The zero-order chi connectivity index (χ0) is 13.4. The summed E-state index contributed by atoms with van der Waals surface area (Å²) >= 11 is 1.57. The van der Waals surface area contributed by atoms with E-state index in [1.807, 2.05) is 11.4 Å². The molecule has 1 fully saturated rings. The lowest BCUT2D eigenvalue weighted by atomic mass is 10.0. The van der Waals surface area contributed by atoms with Crippen LogP contribution in [0, 0.1) is 5.92 Å². The molecular formula is C13H16N2O3S. The number of nitrogens with zero attached hydrogens (tertiary/aromatic N) is 1. The maximum Gasteiger partial charge on any atom is 0.331 e. The molecule has 0 radical (unpaired) electrons.